The third-order valence-corrected chi connectivity index (χ3v) is 5.84. The second-order valence-corrected chi connectivity index (χ2v) is 7.91. The van der Waals surface area contributed by atoms with Crippen LogP contribution >= 0.6 is 0 Å². The van der Waals surface area contributed by atoms with Crippen molar-refractivity contribution < 1.29 is 14.9 Å². The van der Waals surface area contributed by atoms with E-state index in [4.69, 9.17) is 9.72 Å². The van der Waals surface area contributed by atoms with E-state index >= 15 is 0 Å². The van der Waals surface area contributed by atoms with Gasteiger partial charge in [0.25, 0.3) is 0 Å². The van der Waals surface area contributed by atoms with Gasteiger partial charge < -0.3 is 30.2 Å². The van der Waals surface area contributed by atoms with Crippen molar-refractivity contribution in [3.63, 3.8) is 0 Å². The fourth-order valence-corrected chi connectivity index (χ4v) is 3.84. The van der Waals surface area contributed by atoms with E-state index in [-0.39, 0.29) is 17.8 Å². The number of hydrogen-bond donors (Lipinski definition) is 4. The number of ether oxygens (including phenoxy) is 1. The summed E-state index contributed by atoms with van der Waals surface area (Å²) in [4.78, 5) is 14.0. The Morgan fingerprint density at radius 2 is 1.88 bits per heavy atom. The van der Waals surface area contributed by atoms with Crippen molar-refractivity contribution in [2.75, 3.05) is 17.7 Å². The van der Waals surface area contributed by atoms with Crippen LogP contribution in [0, 0.1) is 0 Å². The maximum absolute atomic E-state index is 10.4. The molecule has 2 unspecified atom stereocenters. The second-order valence-electron chi connectivity index (χ2n) is 7.91. The molecule has 9 nitrogen and oxygen atoms in total. The van der Waals surface area contributed by atoms with Crippen molar-refractivity contribution in [2.24, 2.45) is 0 Å². The minimum atomic E-state index is -0.548. The van der Waals surface area contributed by atoms with Crippen molar-refractivity contribution in [1.82, 2.24) is 19.5 Å². The van der Waals surface area contributed by atoms with E-state index < -0.39 is 6.10 Å². The highest BCUT2D eigenvalue weighted by molar-refractivity contribution is 5.84. The van der Waals surface area contributed by atoms with E-state index in [0.717, 1.165) is 24.9 Å². The molecule has 32 heavy (non-hydrogen) atoms. The number of aromatic hydroxyl groups is 1. The number of aliphatic hydroxyl groups is 1. The molecule has 9 heteroatoms. The van der Waals surface area contributed by atoms with Crippen LogP contribution in [-0.2, 0) is 6.54 Å². The lowest BCUT2D eigenvalue weighted by Gasteiger charge is -2.21. The smallest absolute Gasteiger partial charge is 0.227 e. The number of methoxy groups -OCH3 is 1. The molecule has 3 rings (SSSR count). The second kappa shape index (κ2) is 10.5. The Balaban J connectivity index is 2.01. The average Bonchev–Trinajstić information content (AvgIpc) is 3.21. The van der Waals surface area contributed by atoms with Crippen molar-refractivity contribution >= 4 is 22.9 Å². The predicted molar refractivity (Wildman–Crippen MR) is 126 cm³/mol. The molecule has 2 atom stereocenters. The molecule has 174 valence electrons. The number of nitrogens with one attached hydrogen (secondary N) is 2. The number of fused-ring (bicyclic) bond motifs is 1. The van der Waals surface area contributed by atoms with Gasteiger partial charge in [0.1, 0.15) is 0 Å². The van der Waals surface area contributed by atoms with Crippen molar-refractivity contribution in [1.29, 1.82) is 0 Å². The fraction of sp³-hybridized carbons (Fsp3) is 0.522. The molecule has 1 aromatic carbocycles. The number of anilines is 2. The van der Waals surface area contributed by atoms with Crippen LogP contribution in [0.1, 0.15) is 58.6 Å². The summed E-state index contributed by atoms with van der Waals surface area (Å²) in [5.41, 5.74) is 2.07. The number of rotatable bonds is 11. The molecule has 2 heterocycles. The van der Waals surface area contributed by atoms with Gasteiger partial charge in [-0.2, -0.15) is 9.97 Å². The Hall–Kier alpha value is -3.07. The average molecular weight is 443 g/mol. The zero-order valence-electron chi connectivity index (χ0n) is 19.5. The summed E-state index contributed by atoms with van der Waals surface area (Å²) in [6, 6.07) is 5.46. The van der Waals surface area contributed by atoms with Crippen molar-refractivity contribution in [3.8, 4) is 11.5 Å². The quantitative estimate of drug-likeness (QED) is 0.351. The molecule has 0 radical (unpaired) electrons. The highest BCUT2D eigenvalue weighted by atomic mass is 16.5. The number of aliphatic hydroxyl groups excluding tert-OH is 1. The molecule has 4 N–H and O–H groups in total. The van der Waals surface area contributed by atoms with E-state index in [1.807, 2.05) is 19.1 Å². The molecule has 0 saturated carbocycles. The maximum Gasteiger partial charge on any atom is 0.227 e. The van der Waals surface area contributed by atoms with E-state index in [1.165, 1.54) is 7.11 Å². The van der Waals surface area contributed by atoms with Crippen LogP contribution in [0.2, 0.25) is 0 Å². The number of imidazole rings is 1. The lowest BCUT2D eigenvalue weighted by molar-refractivity contribution is 0.169. The Kier molecular flexibility index (Phi) is 7.74. The first-order valence-corrected chi connectivity index (χ1v) is 11.2. The zero-order chi connectivity index (χ0) is 23.3. The molecule has 2 aromatic heterocycles. The lowest BCUT2D eigenvalue weighted by Crippen LogP contribution is -2.31. The summed E-state index contributed by atoms with van der Waals surface area (Å²) in [6.07, 6.45) is 3.90. The summed E-state index contributed by atoms with van der Waals surface area (Å²) in [5.74, 6) is 1.49. The molecule has 3 aromatic rings. The molecule has 0 saturated heterocycles. The van der Waals surface area contributed by atoms with Crippen LogP contribution in [0.4, 0.5) is 11.8 Å². The normalized spacial score (nSPS) is 13.3. The predicted octanol–water partition coefficient (Wildman–Crippen LogP) is 4.09. The van der Waals surface area contributed by atoms with Crippen LogP contribution in [0.25, 0.3) is 11.2 Å². The van der Waals surface area contributed by atoms with Crippen molar-refractivity contribution in [2.45, 2.75) is 71.7 Å². The number of phenols is 1. The van der Waals surface area contributed by atoms with Gasteiger partial charge in [-0.05, 0) is 32.3 Å². The van der Waals surface area contributed by atoms with Crippen molar-refractivity contribution in [3.05, 3.63) is 30.1 Å². The summed E-state index contributed by atoms with van der Waals surface area (Å²) >= 11 is 0. The van der Waals surface area contributed by atoms with Gasteiger partial charge >= 0.3 is 0 Å². The van der Waals surface area contributed by atoms with Gasteiger partial charge in [-0.1, -0.05) is 32.9 Å². The lowest BCUT2D eigenvalue weighted by atomic mass is 10.1. The summed E-state index contributed by atoms with van der Waals surface area (Å²) in [7, 11) is 1.52. The first kappa shape index (κ1) is 23.6. The Bertz CT molecular complexity index is 1030. The molecule has 0 amide bonds. The largest absolute Gasteiger partial charge is 0.504 e. The van der Waals surface area contributed by atoms with Gasteiger partial charge in [0.15, 0.2) is 28.5 Å². The summed E-state index contributed by atoms with van der Waals surface area (Å²) in [6.45, 7) is 8.37. The highest BCUT2D eigenvalue weighted by Gasteiger charge is 2.20. The third-order valence-electron chi connectivity index (χ3n) is 5.84. The first-order valence-electron chi connectivity index (χ1n) is 11.2. The number of benzene rings is 1. The standard InChI is InChI=1S/C23H34N6O3/c1-6-16(7-2)29-13-25-19-21(24-12-15-10-9-11-18(32-5)20(15)31)27-23(28-22(19)29)26-17(8-3)14(4)30/h9-11,13-14,16-17,30-31H,6-8,12H2,1-5H3,(H2,24,26,27,28). The number of aromatic nitrogens is 4. The summed E-state index contributed by atoms with van der Waals surface area (Å²) < 4.78 is 7.29. The van der Waals surface area contributed by atoms with Gasteiger partial charge in [0.2, 0.25) is 5.95 Å². The van der Waals surface area contributed by atoms with E-state index in [1.54, 1.807) is 19.3 Å². The minimum absolute atomic E-state index is 0.0915. The van der Waals surface area contributed by atoms with E-state index in [9.17, 15) is 10.2 Å². The highest BCUT2D eigenvalue weighted by Crippen LogP contribution is 2.31. The number of para-hydroxylation sites is 1. The molecule has 0 fully saturated rings. The van der Waals surface area contributed by atoms with E-state index in [0.29, 0.717) is 35.1 Å². The SMILES string of the molecule is CCC(Nc1nc(NCc2cccc(OC)c2O)c2ncn(C(CC)CC)c2n1)C(C)O. The number of hydrogen-bond acceptors (Lipinski definition) is 8. The van der Waals surface area contributed by atoms with Gasteiger partial charge in [-0.15, -0.1) is 0 Å². The summed E-state index contributed by atoms with van der Waals surface area (Å²) in [5, 5.41) is 27.1. The van der Waals surface area contributed by atoms with Crippen LogP contribution in [0.15, 0.2) is 24.5 Å². The zero-order valence-corrected chi connectivity index (χ0v) is 19.5. The van der Waals surface area contributed by atoms with Crippen LogP contribution in [0.3, 0.4) is 0 Å². The van der Waals surface area contributed by atoms with Crippen LogP contribution < -0.4 is 15.4 Å². The van der Waals surface area contributed by atoms with Gasteiger partial charge in [-0.25, -0.2) is 4.98 Å². The van der Waals surface area contributed by atoms with E-state index in [2.05, 4.69) is 39.0 Å². The topological polar surface area (TPSA) is 117 Å². The molecule has 0 aliphatic heterocycles. The number of nitrogens with zero attached hydrogens (tertiary/aromatic N) is 4. The fourth-order valence-electron chi connectivity index (χ4n) is 3.84. The molecular weight excluding hydrogens is 408 g/mol. The van der Waals surface area contributed by atoms with Gasteiger partial charge in [0, 0.05) is 18.2 Å². The molecular formula is C23H34N6O3. The molecule has 0 spiro atoms. The monoisotopic (exact) mass is 442 g/mol. The van der Waals surface area contributed by atoms with Gasteiger partial charge in [0.05, 0.1) is 25.6 Å². The molecule has 0 bridgehead atoms. The Morgan fingerprint density at radius 3 is 2.50 bits per heavy atom. The Labute approximate surface area is 188 Å². The van der Waals surface area contributed by atoms with Gasteiger partial charge in [-0.3, -0.25) is 0 Å². The molecule has 0 aliphatic rings. The van der Waals surface area contributed by atoms with Crippen LogP contribution in [0.5, 0.6) is 11.5 Å². The van der Waals surface area contributed by atoms with Crippen LogP contribution in [-0.4, -0.2) is 49.0 Å². The third kappa shape index (κ3) is 4.88. The Morgan fingerprint density at radius 1 is 1.12 bits per heavy atom. The maximum atomic E-state index is 10.4. The number of phenolic OH excluding ortho intramolecular Hbond substituents is 1. The minimum Gasteiger partial charge on any atom is -0.504 e. The molecule has 0 aliphatic carbocycles. The first-order chi connectivity index (χ1) is 15.4.